The summed E-state index contributed by atoms with van der Waals surface area (Å²) in [6.45, 7) is 5.16. The molecule has 2 aliphatic rings. The van der Waals surface area contributed by atoms with Gasteiger partial charge in [-0.05, 0) is 80.3 Å². The van der Waals surface area contributed by atoms with Crippen LogP contribution >= 0.6 is 11.6 Å². The molecular weight excluding hydrogens is 530 g/mol. The average molecular weight is 564 g/mol. The van der Waals surface area contributed by atoms with Crippen LogP contribution in [0.5, 0.6) is 0 Å². The van der Waals surface area contributed by atoms with Gasteiger partial charge in [-0.3, -0.25) is 9.59 Å². The molecular formula is C31H34ClN3O3S. The van der Waals surface area contributed by atoms with Crippen molar-refractivity contribution in [1.82, 2.24) is 10.2 Å². The molecule has 0 aliphatic carbocycles. The SMILES string of the molecule is CCC1CCCCN1CCCNC(=O)c1ccc2c(c1)N(Cc1cccc(Cl)c1)C(=O)c1ccccc1S2=O. The maximum absolute atomic E-state index is 13.8. The van der Waals surface area contributed by atoms with Crippen molar-refractivity contribution >= 4 is 39.9 Å². The van der Waals surface area contributed by atoms with Gasteiger partial charge in [0.2, 0.25) is 0 Å². The van der Waals surface area contributed by atoms with Crippen LogP contribution in [-0.2, 0) is 17.3 Å². The first-order valence-electron chi connectivity index (χ1n) is 13.7. The predicted octanol–water partition coefficient (Wildman–Crippen LogP) is 6.05. The van der Waals surface area contributed by atoms with Gasteiger partial charge >= 0.3 is 0 Å². The van der Waals surface area contributed by atoms with Crippen molar-refractivity contribution in [3.05, 3.63) is 88.4 Å². The molecule has 2 amide bonds. The van der Waals surface area contributed by atoms with Crippen LogP contribution in [0, 0.1) is 0 Å². The van der Waals surface area contributed by atoms with Crippen LogP contribution in [0.3, 0.4) is 0 Å². The number of hydrogen-bond acceptors (Lipinski definition) is 4. The van der Waals surface area contributed by atoms with Gasteiger partial charge in [0.15, 0.2) is 0 Å². The smallest absolute Gasteiger partial charge is 0.259 e. The van der Waals surface area contributed by atoms with Crippen molar-refractivity contribution < 1.29 is 13.8 Å². The van der Waals surface area contributed by atoms with E-state index in [1.54, 1.807) is 53.4 Å². The Balaban J connectivity index is 1.38. The van der Waals surface area contributed by atoms with Gasteiger partial charge in [-0.15, -0.1) is 0 Å². The van der Waals surface area contributed by atoms with Gasteiger partial charge in [0, 0.05) is 29.7 Å². The first-order chi connectivity index (χ1) is 19.0. The van der Waals surface area contributed by atoms with E-state index in [-0.39, 0.29) is 18.4 Å². The maximum atomic E-state index is 13.8. The third kappa shape index (κ3) is 6.11. The van der Waals surface area contributed by atoms with Crippen molar-refractivity contribution in [2.75, 3.05) is 24.5 Å². The van der Waals surface area contributed by atoms with E-state index in [1.165, 1.54) is 19.3 Å². The molecule has 0 aromatic heterocycles. The van der Waals surface area contributed by atoms with Gasteiger partial charge in [-0.25, -0.2) is 4.21 Å². The number of anilines is 1. The number of fused-ring (bicyclic) bond motifs is 2. The summed E-state index contributed by atoms with van der Waals surface area (Å²) in [6, 6.07) is 20.0. The van der Waals surface area contributed by atoms with Crippen LogP contribution in [0.15, 0.2) is 76.5 Å². The molecule has 0 bridgehead atoms. The van der Waals surface area contributed by atoms with E-state index in [0.717, 1.165) is 31.5 Å². The summed E-state index contributed by atoms with van der Waals surface area (Å²) in [5, 5.41) is 3.61. The number of benzene rings is 3. The summed E-state index contributed by atoms with van der Waals surface area (Å²) >= 11 is 6.22. The normalized spacial score (nSPS) is 19.2. The number of nitrogens with one attached hydrogen (secondary N) is 1. The quantitative estimate of drug-likeness (QED) is 0.339. The van der Waals surface area contributed by atoms with E-state index >= 15 is 0 Å². The second-order valence-corrected chi connectivity index (χ2v) is 12.0. The molecule has 2 unspecified atom stereocenters. The molecule has 5 rings (SSSR count). The number of carbonyl (C=O) groups excluding carboxylic acids is 2. The summed E-state index contributed by atoms with van der Waals surface area (Å²) in [7, 11) is -1.57. The molecule has 8 heteroatoms. The number of piperidine rings is 1. The monoisotopic (exact) mass is 563 g/mol. The molecule has 6 nitrogen and oxygen atoms in total. The van der Waals surface area contributed by atoms with Crippen molar-refractivity contribution in [2.24, 2.45) is 0 Å². The molecule has 3 aromatic rings. The van der Waals surface area contributed by atoms with Crippen LogP contribution < -0.4 is 10.2 Å². The molecule has 0 spiro atoms. The molecule has 1 fully saturated rings. The molecule has 2 heterocycles. The number of nitrogens with zero attached hydrogens (tertiary/aromatic N) is 2. The first kappa shape index (κ1) is 27.6. The van der Waals surface area contributed by atoms with Crippen molar-refractivity contribution in [1.29, 1.82) is 0 Å². The van der Waals surface area contributed by atoms with Crippen molar-refractivity contribution in [3.63, 3.8) is 0 Å². The summed E-state index contributed by atoms with van der Waals surface area (Å²) < 4.78 is 13.6. The lowest BCUT2D eigenvalue weighted by Crippen LogP contribution is -2.40. The predicted molar refractivity (Wildman–Crippen MR) is 156 cm³/mol. The van der Waals surface area contributed by atoms with E-state index < -0.39 is 10.8 Å². The van der Waals surface area contributed by atoms with E-state index in [2.05, 4.69) is 17.1 Å². The molecule has 39 heavy (non-hydrogen) atoms. The zero-order valence-electron chi connectivity index (χ0n) is 22.2. The highest BCUT2D eigenvalue weighted by molar-refractivity contribution is 7.85. The Morgan fingerprint density at radius 2 is 1.90 bits per heavy atom. The fraction of sp³-hybridized carbons (Fsp3) is 0.355. The molecule has 3 aromatic carbocycles. The van der Waals surface area contributed by atoms with E-state index in [1.807, 2.05) is 18.2 Å². The Bertz CT molecular complexity index is 1390. The summed E-state index contributed by atoms with van der Waals surface area (Å²) in [5.41, 5.74) is 2.14. The van der Waals surface area contributed by atoms with Crippen molar-refractivity contribution in [2.45, 2.75) is 61.4 Å². The Kier molecular flexibility index (Phi) is 8.80. The number of rotatable bonds is 8. The summed E-state index contributed by atoms with van der Waals surface area (Å²) in [5.74, 6) is -0.464. The standard InChI is InChI=1S/C31H34ClN3O3S/c1-2-25-11-5-6-17-34(25)18-8-16-33-30(36)23-14-15-29-27(20-23)35(21-22-9-7-10-24(32)19-22)31(37)26-12-3-4-13-28(26)39(29)38/h3-4,7,9-10,12-15,19-20,25H,2,5-6,8,11,16-18,21H2,1H3,(H,33,36). The Labute approximate surface area is 237 Å². The van der Waals surface area contributed by atoms with E-state index in [9.17, 15) is 13.8 Å². The minimum atomic E-state index is -1.57. The summed E-state index contributed by atoms with van der Waals surface area (Å²) in [6.07, 6.45) is 5.85. The van der Waals surface area contributed by atoms with Gasteiger partial charge in [0.25, 0.3) is 11.8 Å². The lowest BCUT2D eigenvalue weighted by Gasteiger charge is -2.35. The van der Waals surface area contributed by atoms with E-state index in [4.69, 9.17) is 11.6 Å². The number of hydrogen-bond donors (Lipinski definition) is 1. The topological polar surface area (TPSA) is 69.7 Å². The summed E-state index contributed by atoms with van der Waals surface area (Å²) in [4.78, 5) is 32.1. The molecule has 2 aliphatic heterocycles. The number of likely N-dealkylation sites (tertiary alicyclic amines) is 1. The number of carbonyl (C=O) groups is 2. The highest BCUT2D eigenvalue weighted by Gasteiger charge is 2.31. The van der Waals surface area contributed by atoms with Crippen LogP contribution in [-0.4, -0.2) is 46.6 Å². The largest absolute Gasteiger partial charge is 0.352 e. The van der Waals surface area contributed by atoms with Gasteiger partial charge < -0.3 is 15.1 Å². The third-order valence-electron chi connectivity index (χ3n) is 7.63. The Morgan fingerprint density at radius 1 is 1.05 bits per heavy atom. The Morgan fingerprint density at radius 3 is 2.72 bits per heavy atom. The zero-order valence-corrected chi connectivity index (χ0v) is 23.8. The van der Waals surface area contributed by atoms with Gasteiger partial charge in [-0.1, -0.05) is 49.2 Å². The lowest BCUT2D eigenvalue weighted by molar-refractivity contribution is 0.0944. The molecule has 1 saturated heterocycles. The molecule has 2 atom stereocenters. The van der Waals surface area contributed by atoms with Gasteiger partial charge in [-0.2, -0.15) is 0 Å². The zero-order chi connectivity index (χ0) is 27.4. The van der Waals surface area contributed by atoms with Gasteiger partial charge in [0.1, 0.15) is 0 Å². The molecule has 0 saturated carbocycles. The van der Waals surface area contributed by atoms with Gasteiger partial charge in [0.05, 0.1) is 38.4 Å². The second kappa shape index (κ2) is 12.5. The maximum Gasteiger partial charge on any atom is 0.259 e. The van der Waals surface area contributed by atoms with E-state index in [0.29, 0.717) is 44.2 Å². The molecule has 0 radical (unpaired) electrons. The number of halogens is 1. The molecule has 1 N–H and O–H groups in total. The third-order valence-corrected chi connectivity index (χ3v) is 9.37. The fourth-order valence-corrected chi connectivity index (χ4v) is 7.14. The first-order valence-corrected chi connectivity index (χ1v) is 15.2. The Hall–Kier alpha value is -3.00. The minimum absolute atomic E-state index is 0.203. The van der Waals surface area contributed by atoms with Crippen LogP contribution in [0.2, 0.25) is 5.02 Å². The second-order valence-electron chi connectivity index (χ2n) is 10.2. The highest BCUT2D eigenvalue weighted by atomic mass is 35.5. The fourth-order valence-electron chi connectivity index (χ4n) is 5.58. The number of amides is 2. The molecule has 204 valence electrons. The highest BCUT2D eigenvalue weighted by Crippen LogP contribution is 2.36. The van der Waals surface area contributed by atoms with Crippen molar-refractivity contribution in [3.8, 4) is 0 Å². The van der Waals surface area contributed by atoms with Crippen LogP contribution in [0.1, 0.15) is 65.3 Å². The van der Waals surface area contributed by atoms with Crippen LogP contribution in [0.4, 0.5) is 5.69 Å². The minimum Gasteiger partial charge on any atom is -0.352 e. The average Bonchev–Trinajstić information content (AvgIpc) is 3.04. The lowest BCUT2D eigenvalue weighted by atomic mass is 10.00. The van der Waals surface area contributed by atoms with Crippen LogP contribution in [0.25, 0.3) is 0 Å².